The second-order valence-electron chi connectivity index (χ2n) is 6.42. The van der Waals surface area contributed by atoms with Gasteiger partial charge >= 0.3 is 0 Å². The molecule has 0 amide bonds. The zero-order valence-electron chi connectivity index (χ0n) is 12.4. The molecule has 0 saturated carbocycles. The van der Waals surface area contributed by atoms with Crippen LogP contribution in [0.25, 0.3) is 12.2 Å². The smallest absolute Gasteiger partial charge is 0.0279 e. The maximum Gasteiger partial charge on any atom is 0.0279 e. The molecule has 0 saturated heterocycles. The highest BCUT2D eigenvalue weighted by Gasteiger charge is 2.25. The van der Waals surface area contributed by atoms with Crippen LogP contribution in [0.3, 0.4) is 0 Å². The van der Waals surface area contributed by atoms with Crippen LogP contribution in [0.5, 0.6) is 0 Å². The number of hydrogen-bond acceptors (Lipinski definition) is 0. The molecule has 0 aromatic heterocycles. The average Bonchev–Trinajstić information content (AvgIpc) is 2.56. The Morgan fingerprint density at radius 2 is 1.20 bits per heavy atom. The van der Waals surface area contributed by atoms with Gasteiger partial charge in [0.05, 0.1) is 0 Å². The Morgan fingerprint density at radius 1 is 0.750 bits per heavy atom. The van der Waals surface area contributed by atoms with E-state index in [0.29, 0.717) is 10.8 Å². The Hall–Kier alpha value is -1.39. The summed E-state index contributed by atoms with van der Waals surface area (Å²) in [5.74, 6) is 0. The Kier molecular flexibility index (Phi) is 3.52. The predicted molar refractivity (Wildman–Crippen MR) is 91.7 cm³/mol. The minimum absolute atomic E-state index is 0.342. The molecule has 0 radical (unpaired) electrons. The van der Waals surface area contributed by atoms with Crippen LogP contribution in [0.2, 0.25) is 0 Å². The molecule has 1 atom stereocenters. The quantitative estimate of drug-likeness (QED) is 0.584. The largest absolute Gasteiger partial charge is 0.104 e. The predicted octanol–water partition coefficient (Wildman–Crippen LogP) is 5.74. The van der Waals surface area contributed by atoms with Crippen molar-refractivity contribution >= 4 is 20.7 Å². The maximum absolute atomic E-state index is 2.34. The van der Waals surface area contributed by atoms with Crippen LogP contribution in [0, 0.1) is 0 Å². The van der Waals surface area contributed by atoms with Crippen molar-refractivity contribution in [3.63, 3.8) is 0 Å². The Labute approximate surface area is 123 Å². The summed E-state index contributed by atoms with van der Waals surface area (Å²) in [5.41, 5.74) is 6.19. The van der Waals surface area contributed by atoms with E-state index >= 15 is 0 Å². The van der Waals surface area contributed by atoms with E-state index in [1.165, 1.54) is 22.3 Å². The molecular formula is C19H21P. The normalized spacial score (nSPS) is 15.2. The number of hydrogen-bond donors (Lipinski definition) is 0. The van der Waals surface area contributed by atoms with Crippen LogP contribution in [0.15, 0.2) is 48.5 Å². The first-order valence-electron chi connectivity index (χ1n) is 7.18. The summed E-state index contributed by atoms with van der Waals surface area (Å²) in [5, 5.41) is 0.342. The first-order valence-corrected chi connectivity index (χ1v) is 8.26. The minimum atomic E-state index is 0.342. The molecular weight excluding hydrogens is 259 g/mol. The summed E-state index contributed by atoms with van der Waals surface area (Å²) in [6.07, 6.45) is 4.53. The second kappa shape index (κ2) is 5.19. The van der Waals surface area contributed by atoms with Gasteiger partial charge in [0.2, 0.25) is 0 Å². The highest BCUT2D eigenvalue weighted by Crippen LogP contribution is 2.51. The van der Waals surface area contributed by atoms with E-state index in [4.69, 9.17) is 0 Å². The van der Waals surface area contributed by atoms with E-state index < -0.39 is 0 Å². The molecule has 20 heavy (non-hydrogen) atoms. The van der Waals surface area contributed by atoms with E-state index in [2.05, 4.69) is 81.5 Å². The molecule has 0 nitrogen and oxygen atoms in total. The van der Waals surface area contributed by atoms with Crippen molar-refractivity contribution in [1.82, 2.24) is 0 Å². The molecule has 0 N–H and O–H groups in total. The third-order valence-electron chi connectivity index (χ3n) is 3.63. The van der Waals surface area contributed by atoms with Crippen LogP contribution in [-0.4, -0.2) is 5.16 Å². The van der Waals surface area contributed by atoms with Crippen molar-refractivity contribution in [1.29, 1.82) is 0 Å². The topological polar surface area (TPSA) is 0 Å². The standard InChI is InChI=1S/C19H21P/c1-19(2,3)20-18-16-10-6-4-8-14(16)12-13-15-9-5-7-11-17(15)18/h4-13,18,20H,1-3H3. The summed E-state index contributed by atoms with van der Waals surface area (Å²) in [6, 6.07) is 17.7. The molecule has 0 spiro atoms. The first kappa shape index (κ1) is 13.6. The number of benzene rings is 2. The molecule has 0 heterocycles. The molecule has 1 heteroatoms. The second-order valence-corrected chi connectivity index (χ2v) is 8.78. The lowest BCUT2D eigenvalue weighted by atomic mass is 9.99. The van der Waals surface area contributed by atoms with Gasteiger partial charge in [0.1, 0.15) is 0 Å². The van der Waals surface area contributed by atoms with Crippen molar-refractivity contribution in [2.45, 2.75) is 31.6 Å². The van der Waals surface area contributed by atoms with E-state index in [-0.39, 0.29) is 0 Å². The molecule has 0 aliphatic heterocycles. The number of fused-ring (bicyclic) bond motifs is 2. The SMILES string of the molecule is CC(C)(C)PC1c2ccccc2C=Cc2ccccc21. The summed E-state index contributed by atoms with van der Waals surface area (Å²) < 4.78 is 0. The number of rotatable bonds is 1. The van der Waals surface area contributed by atoms with Crippen LogP contribution >= 0.6 is 8.58 Å². The summed E-state index contributed by atoms with van der Waals surface area (Å²) in [6.45, 7) is 7.03. The lowest BCUT2D eigenvalue weighted by Gasteiger charge is -2.28. The lowest BCUT2D eigenvalue weighted by molar-refractivity contribution is 0.785. The van der Waals surface area contributed by atoms with Crippen molar-refractivity contribution in [3.8, 4) is 0 Å². The van der Waals surface area contributed by atoms with Gasteiger partial charge in [0, 0.05) is 5.66 Å². The van der Waals surface area contributed by atoms with E-state index in [9.17, 15) is 0 Å². The maximum atomic E-state index is 2.34. The van der Waals surface area contributed by atoms with Gasteiger partial charge in [-0.15, -0.1) is 8.58 Å². The van der Waals surface area contributed by atoms with Crippen LogP contribution in [-0.2, 0) is 0 Å². The van der Waals surface area contributed by atoms with E-state index in [1.54, 1.807) is 0 Å². The van der Waals surface area contributed by atoms with Crippen molar-refractivity contribution in [2.75, 3.05) is 0 Å². The minimum Gasteiger partial charge on any atom is -0.104 e. The highest BCUT2D eigenvalue weighted by molar-refractivity contribution is 7.40. The summed E-state index contributed by atoms with van der Waals surface area (Å²) >= 11 is 0. The molecule has 3 rings (SSSR count). The van der Waals surface area contributed by atoms with E-state index in [0.717, 1.165) is 8.58 Å². The third kappa shape index (κ3) is 2.72. The zero-order valence-corrected chi connectivity index (χ0v) is 13.4. The molecule has 1 unspecified atom stereocenters. The van der Waals surface area contributed by atoms with Gasteiger partial charge in [-0.25, -0.2) is 0 Å². The fraction of sp³-hybridized carbons (Fsp3) is 0.263. The van der Waals surface area contributed by atoms with Gasteiger partial charge in [-0.3, -0.25) is 0 Å². The molecule has 1 aliphatic rings. The monoisotopic (exact) mass is 280 g/mol. The fourth-order valence-corrected chi connectivity index (χ4v) is 4.49. The molecule has 2 aromatic carbocycles. The van der Waals surface area contributed by atoms with Gasteiger partial charge in [0.25, 0.3) is 0 Å². The van der Waals surface area contributed by atoms with Crippen molar-refractivity contribution in [2.24, 2.45) is 0 Å². The Morgan fingerprint density at radius 3 is 1.65 bits per heavy atom. The van der Waals surface area contributed by atoms with Gasteiger partial charge in [-0.1, -0.05) is 81.5 Å². The van der Waals surface area contributed by atoms with Crippen molar-refractivity contribution < 1.29 is 0 Å². The van der Waals surface area contributed by atoms with Crippen LogP contribution in [0.1, 0.15) is 48.7 Å². The van der Waals surface area contributed by atoms with Crippen LogP contribution < -0.4 is 0 Å². The molecule has 102 valence electrons. The average molecular weight is 280 g/mol. The Balaban J connectivity index is 2.18. The van der Waals surface area contributed by atoms with E-state index in [1.807, 2.05) is 0 Å². The Bertz CT molecular complexity index is 597. The fourth-order valence-electron chi connectivity index (χ4n) is 2.79. The summed E-state index contributed by atoms with van der Waals surface area (Å²) in [4.78, 5) is 0. The molecule has 2 aromatic rings. The summed E-state index contributed by atoms with van der Waals surface area (Å²) in [7, 11) is 0.880. The lowest BCUT2D eigenvalue weighted by Crippen LogP contribution is -2.10. The first-order chi connectivity index (χ1) is 9.54. The van der Waals surface area contributed by atoms with Gasteiger partial charge in [0.15, 0.2) is 0 Å². The van der Waals surface area contributed by atoms with Gasteiger partial charge in [-0.05, 0) is 27.4 Å². The molecule has 0 fully saturated rings. The van der Waals surface area contributed by atoms with Crippen molar-refractivity contribution in [3.05, 3.63) is 70.8 Å². The zero-order chi connectivity index (χ0) is 14.2. The molecule has 1 aliphatic carbocycles. The van der Waals surface area contributed by atoms with Gasteiger partial charge < -0.3 is 0 Å². The van der Waals surface area contributed by atoms with Gasteiger partial charge in [-0.2, -0.15) is 0 Å². The highest BCUT2D eigenvalue weighted by atomic mass is 31.1. The van der Waals surface area contributed by atoms with Crippen LogP contribution in [0.4, 0.5) is 0 Å². The molecule has 0 bridgehead atoms. The third-order valence-corrected chi connectivity index (χ3v) is 5.41.